The lowest BCUT2D eigenvalue weighted by Crippen LogP contribution is -2.30. The summed E-state index contributed by atoms with van der Waals surface area (Å²) in [4.78, 5) is 34.7. The van der Waals surface area contributed by atoms with E-state index in [0.29, 0.717) is 17.6 Å². The standard InChI is InChI=1S/C22H20N4O2S/c1-3-26-12-18(20(27)17-7-6-14(2)25-21(17)26)22(28)24-11-15-5-4-9-23-19(15)16-8-10-29-13-16/h4-10,12-13H,3,11H2,1-2H3,(H,24,28). The van der Waals surface area contributed by atoms with E-state index in [2.05, 4.69) is 15.3 Å². The molecule has 29 heavy (non-hydrogen) atoms. The predicted molar refractivity (Wildman–Crippen MR) is 115 cm³/mol. The molecule has 0 fully saturated rings. The number of aryl methyl sites for hydroxylation is 2. The molecule has 0 saturated carbocycles. The van der Waals surface area contributed by atoms with Crippen molar-refractivity contribution in [2.75, 3.05) is 0 Å². The van der Waals surface area contributed by atoms with Gasteiger partial charge in [0.1, 0.15) is 11.2 Å². The summed E-state index contributed by atoms with van der Waals surface area (Å²) in [6.45, 7) is 4.73. The van der Waals surface area contributed by atoms with E-state index in [1.54, 1.807) is 35.9 Å². The molecule has 0 radical (unpaired) electrons. The van der Waals surface area contributed by atoms with Crippen LogP contribution < -0.4 is 10.7 Å². The molecular weight excluding hydrogens is 384 g/mol. The van der Waals surface area contributed by atoms with Gasteiger partial charge in [-0.3, -0.25) is 14.6 Å². The average Bonchev–Trinajstić information content (AvgIpc) is 3.27. The van der Waals surface area contributed by atoms with Crippen molar-refractivity contribution in [1.29, 1.82) is 0 Å². The third-order valence-corrected chi connectivity index (χ3v) is 5.45. The molecule has 0 spiro atoms. The summed E-state index contributed by atoms with van der Waals surface area (Å²) in [5.41, 5.74) is 3.98. The van der Waals surface area contributed by atoms with Crippen LogP contribution in [-0.4, -0.2) is 20.4 Å². The molecule has 0 aromatic carbocycles. The highest BCUT2D eigenvalue weighted by Crippen LogP contribution is 2.23. The Morgan fingerprint density at radius 2 is 2.10 bits per heavy atom. The van der Waals surface area contributed by atoms with E-state index in [9.17, 15) is 9.59 Å². The Kier molecular flexibility index (Phi) is 5.22. The molecule has 146 valence electrons. The number of rotatable bonds is 5. The second-order valence-electron chi connectivity index (χ2n) is 6.69. The SMILES string of the molecule is CCn1cc(C(=O)NCc2cccnc2-c2ccsc2)c(=O)c2ccc(C)nc21. The van der Waals surface area contributed by atoms with Gasteiger partial charge in [0, 0.05) is 42.1 Å². The van der Waals surface area contributed by atoms with Crippen LogP contribution in [0.1, 0.15) is 28.5 Å². The lowest BCUT2D eigenvalue weighted by atomic mass is 10.1. The summed E-state index contributed by atoms with van der Waals surface area (Å²) in [5, 5.41) is 7.34. The van der Waals surface area contributed by atoms with E-state index >= 15 is 0 Å². The van der Waals surface area contributed by atoms with Crippen molar-refractivity contribution in [3.8, 4) is 11.3 Å². The zero-order valence-corrected chi connectivity index (χ0v) is 17.0. The molecule has 0 saturated heterocycles. The Morgan fingerprint density at radius 3 is 2.86 bits per heavy atom. The molecule has 1 N–H and O–H groups in total. The van der Waals surface area contributed by atoms with Crippen molar-refractivity contribution in [3.05, 3.63) is 80.5 Å². The summed E-state index contributed by atoms with van der Waals surface area (Å²) in [6.07, 6.45) is 3.33. The third kappa shape index (κ3) is 3.69. The summed E-state index contributed by atoms with van der Waals surface area (Å²) in [5.74, 6) is -0.403. The molecule has 4 aromatic rings. The van der Waals surface area contributed by atoms with Crippen molar-refractivity contribution < 1.29 is 4.79 Å². The second kappa shape index (κ2) is 7.97. The third-order valence-electron chi connectivity index (χ3n) is 4.77. The number of pyridine rings is 3. The molecule has 4 aromatic heterocycles. The predicted octanol–water partition coefficient (Wildman–Crippen LogP) is 3.78. The maximum absolute atomic E-state index is 12.9. The minimum absolute atomic E-state index is 0.117. The fraction of sp³-hybridized carbons (Fsp3) is 0.182. The van der Waals surface area contributed by atoms with Gasteiger partial charge in [-0.25, -0.2) is 4.98 Å². The molecule has 7 heteroatoms. The smallest absolute Gasteiger partial charge is 0.257 e. The molecule has 0 aliphatic heterocycles. The number of nitrogens with zero attached hydrogens (tertiary/aromatic N) is 3. The highest BCUT2D eigenvalue weighted by molar-refractivity contribution is 7.08. The highest BCUT2D eigenvalue weighted by Gasteiger charge is 2.16. The molecule has 0 atom stereocenters. The van der Waals surface area contributed by atoms with Crippen LogP contribution in [0.2, 0.25) is 0 Å². The zero-order chi connectivity index (χ0) is 20.4. The Balaban J connectivity index is 1.65. The maximum atomic E-state index is 12.9. The first kappa shape index (κ1) is 19.0. The Morgan fingerprint density at radius 1 is 1.24 bits per heavy atom. The molecule has 0 aliphatic rings. The minimum atomic E-state index is -0.403. The van der Waals surface area contributed by atoms with Crippen LogP contribution in [0.15, 0.2) is 58.3 Å². The molecule has 1 amide bonds. The quantitative estimate of drug-likeness (QED) is 0.549. The highest BCUT2D eigenvalue weighted by atomic mass is 32.1. The van der Waals surface area contributed by atoms with Gasteiger partial charge in [-0.05, 0) is 49.1 Å². The number of hydrogen-bond donors (Lipinski definition) is 1. The summed E-state index contributed by atoms with van der Waals surface area (Å²) in [6, 6.07) is 9.28. The number of carbonyl (C=O) groups is 1. The van der Waals surface area contributed by atoms with Gasteiger partial charge in [-0.2, -0.15) is 11.3 Å². The summed E-state index contributed by atoms with van der Waals surface area (Å²) in [7, 11) is 0. The van der Waals surface area contributed by atoms with Crippen molar-refractivity contribution in [2.45, 2.75) is 26.9 Å². The minimum Gasteiger partial charge on any atom is -0.348 e. The largest absolute Gasteiger partial charge is 0.348 e. The molecule has 0 bridgehead atoms. The van der Waals surface area contributed by atoms with Crippen LogP contribution in [0, 0.1) is 6.92 Å². The maximum Gasteiger partial charge on any atom is 0.257 e. The second-order valence-corrected chi connectivity index (χ2v) is 7.47. The van der Waals surface area contributed by atoms with Crippen LogP contribution in [-0.2, 0) is 13.1 Å². The monoisotopic (exact) mass is 404 g/mol. The average molecular weight is 404 g/mol. The Bertz CT molecular complexity index is 1250. The first-order valence-corrected chi connectivity index (χ1v) is 10.3. The van der Waals surface area contributed by atoms with Crippen LogP contribution in [0.4, 0.5) is 0 Å². The lowest BCUT2D eigenvalue weighted by Gasteiger charge is -2.12. The molecule has 0 aliphatic carbocycles. The van der Waals surface area contributed by atoms with Crippen molar-refractivity contribution in [3.63, 3.8) is 0 Å². The van der Waals surface area contributed by atoms with Crippen LogP contribution in [0.25, 0.3) is 22.3 Å². The lowest BCUT2D eigenvalue weighted by molar-refractivity contribution is 0.0949. The first-order valence-electron chi connectivity index (χ1n) is 9.34. The number of thiophene rings is 1. The molecule has 4 rings (SSSR count). The van der Waals surface area contributed by atoms with E-state index in [0.717, 1.165) is 22.5 Å². The van der Waals surface area contributed by atoms with E-state index in [1.165, 1.54) is 0 Å². The van der Waals surface area contributed by atoms with Gasteiger partial charge in [-0.1, -0.05) is 6.07 Å². The van der Waals surface area contributed by atoms with Gasteiger partial charge in [0.15, 0.2) is 0 Å². The first-order chi connectivity index (χ1) is 14.1. The van der Waals surface area contributed by atoms with Gasteiger partial charge in [0.25, 0.3) is 5.91 Å². The van der Waals surface area contributed by atoms with E-state index in [1.807, 2.05) is 47.4 Å². The number of hydrogen-bond acceptors (Lipinski definition) is 5. The van der Waals surface area contributed by atoms with Gasteiger partial charge in [-0.15, -0.1) is 0 Å². The topological polar surface area (TPSA) is 76.9 Å². The van der Waals surface area contributed by atoms with Crippen LogP contribution >= 0.6 is 11.3 Å². The van der Waals surface area contributed by atoms with Gasteiger partial charge >= 0.3 is 0 Å². The van der Waals surface area contributed by atoms with Crippen molar-refractivity contribution in [2.24, 2.45) is 0 Å². The zero-order valence-electron chi connectivity index (χ0n) is 16.2. The van der Waals surface area contributed by atoms with Crippen molar-refractivity contribution in [1.82, 2.24) is 19.9 Å². The van der Waals surface area contributed by atoms with Gasteiger partial charge < -0.3 is 9.88 Å². The normalized spacial score (nSPS) is 11.0. The fourth-order valence-corrected chi connectivity index (χ4v) is 3.91. The number of carbonyl (C=O) groups excluding carboxylic acids is 1. The Hall–Kier alpha value is -3.32. The van der Waals surface area contributed by atoms with Gasteiger partial charge in [0.05, 0.1) is 11.1 Å². The van der Waals surface area contributed by atoms with E-state index in [4.69, 9.17) is 0 Å². The number of amides is 1. The van der Waals surface area contributed by atoms with Crippen molar-refractivity contribution >= 4 is 28.3 Å². The van der Waals surface area contributed by atoms with Crippen LogP contribution in [0.5, 0.6) is 0 Å². The number of aromatic nitrogens is 3. The summed E-state index contributed by atoms with van der Waals surface area (Å²) >= 11 is 1.60. The molecule has 6 nitrogen and oxygen atoms in total. The number of nitrogens with one attached hydrogen (secondary N) is 1. The molecule has 0 unspecified atom stereocenters. The fourth-order valence-electron chi connectivity index (χ4n) is 3.27. The molecule has 4 heterocycles. The summed E-state index contributed by atoms with van der Waals surface area (Å²) < 4.78 is 1.83. The number of fused-ring (bicyclic) bond motifs is 1. The van der Waals surface area contributed by atoms with Gasteiger partial charge in [0.2, 0.25) is 5.43 Å². The molecular formula is C22H20N4O2S. The Labute approximate surface area is 171 Å². The van der Waals surface area contributed by atoms with Crippen LogP contribution in [0.3, 0.4) is 0 Å². The van der Waals surface area contributed by atoms with E-state index < -0.39 is 5.91 Å². The van der Waals surface area contributed by atoms with E-state index in [-0.39, 0.29) is 17.5 Å².